The van der Waals surface area contributed by atoms with Gasteiger partial charge in [0.2, 0.25) is 0 Å². The molecule has 1 aliphatic rings. The van der Waals surface area contributed by atoms with E-state index in [-0.39, 0.29) is 11.2 Å². The van der Waals surface area contributed by atoms with E-state index in [0.29, 0.717) is 15.4 Å². The first kappa shape index (κ1) is 12.4. The lowest BCUT2D eigenvalue weighted by atomic mass is 9.62. The van der Waals surface area contributed by atoms with Crippen LogP contribution in [-0.4, -0.2) is 11.1 Å². The van der Waals surface area contributed by atoms with Crippen LogP contribution in [0, 0.1) is 0 Å². The second kappa shape index (κ2) is 4.67. The summed E-state index contributed by atoms with van der Waals surface area (Å²) in [6.07, 6.45) is 2.92. The highest BCUT2D eigenvalue weighted by Gasteiger charge is 2.44. The second-order valence-corrected chi connectivity index (χ2v) is 5.50. The minimum absolute atomic E-state index is 0.233. The van der Waals surface area contributed by atoms with Crippen LogP contribution in [0.15, 0.2) is 18.2 Å². The molecule has 0 aromatic heterocycles. The first-order chi connectivity index (χ1) is 7.60. The highest BCUT2D eigenvalue weighted by atomic mass is 79.9. The normalized spacial score (nSPS) is 17.9. The van der Waals surface area contributed by atoms with Gasteiger partial charge in [-0.05, 0) is 30.5 Å². The van der Waals surface area contributed by atoms with Gasteiger partial charge >= 0.3 is 0 Å². The summed E-state index contributed by atoms with van der Waals surface area (Å²) in [7, 11) is 0. The average Bonchev–Trinajstić information content (AvgIpc) is 2.21. The molecule has 86 valence electrons. The highest BCUT2D eigenvalue weighted by molar-refractivity contribution is 9.09. The van der Waals surface area contributed by atoms with Gasteiger partial charge in [0.25, 0.3) is 0 Å². The van der Waals surface area contributed by atoms with Gasteiger partial charge in [0, 0.05) is 0 Å². The summed E-state index contributed by atoms with van der Waals surface area (Å²) in [5.74, 6) is 0.233. The van der Waals surface area contributed by atoms with E-state index in [1.54, 1.807) is 6.07 Å². The smallest absolute Gasteiger partial charge is 0.153 e. The maximum Gasteiger partial charge on any atom is 0.153 e. The fraction of sp³-hybridized carbons (Fsp3) is 0.417. The molecule has 1 fully saturated rings. The molecular weight excluding hydrogens is 311 g/mol. The molecule has 0 N–H and O–H groups in total. The van der Waals surface area contributed by atoms with Gasteiger partial charge in [-0.2, -0.15) is 0 Å². The highest BCUT2D eigenvalue weighted by Crippen LogP contribution is 2.46. The zero-order valence-electron chi connectivity index (χ0n) is 8.60. The van der Waals surface area contributed by atoms with E-state index >= 15 is 0 Å². The molecule has 0 heterocycles. The number of carbonyl (C=O) groups excluding carboxylic acids is 1. The topological polar surface area (TPSA) is 17.1 Å². The van der Waals surface area contributed by atoms with Crippen molar-refractivity contribution in [3.05, 3.63) is 33.8 Å². The van der Waals surface area contributed by atoms with E-state index < -0.39 is 0 Å². The largest absolute Gasteiger partial charge is 0.298 e. The average molecular weight is 322 g/mol. The van der Waals surface area contributed by atoms with Crippen molar-refractivity contribution < 1.29 is 4.79 Å². The van der Waals surface area contributed by atoms with Crippen molar-refractivity contribution in [2.24, 2.45) is 0 Å². The van der Waals surface area contributed by atoms with Crippen molar-refractivity contribution in [1.29, 1.82) is 0 Å². The fourth-order valence-electron chi connectivity index (χ4n) is 2.18. The van der Waals surface area contributed by atoms with E-state index in [0.717, 1.165) is 24.8 Å². The second-order valence-electron chi connectivity index (χ2n) is 4.12. The molecule has 1 saturated carbocycles. The van der Waals surface area contributed by atoms with Crippen LogP contribution < -0.4 is 0 Å². The van der Waals surface area contributed by atoms with E-state index in [1.807, 2.05) is 12.1 Å². The van der Waals surface area contributed by atoms with Crippen LogP contribution in [-0.2, 0) is 10.2 Å². The standard InChI is InChI=1S/C12H11BrCl2O/c13-7-11(16)12(4-1-5-12)8-2-3-9(14)10(15)6-8/h2-3,6H,1,4-5,7H2. The minimum Gasteiger partial charge on any atom is -0.298 e. The summed E-state index contributed by atoms with van der Waals surface area (Å²) in [6, 6.07) is 5.50. The van der Waals surface area contributed by atoms with Crippen LogP contribution in [0.4, 0.5) is 0 Å². The molecule has 4 heteroatoms. The number of alkyl halides is 1. The lowest BCUT2D eigenvalue weighted by Crippen LogP contribution is -2.43. The molecule has 1 aromatic rings. The first-order valence-corrected chi connectivity index (χ1v) is 7.03. The van der Waals surface area contributed by atoms with Crippen LogP contribution >= 0.6 is 39.1 Å². The monoisotopic (exact) mass is 320 g/mol. The number of hydrogen-bond acceptors (Lipinski definition) is 1. The Bertz CT molecular complexity index is 427. The molecule has 1 nitrogen and oxygen atoms in total. The Morgan fingerprint density at radius 3 is 2.44 bits per heavy atom. The number of benzene rings is 1. The van der Waals surface area contributed by atoms with Crippen molar-refractivity contribution in [3.8, 4) is 0 Å². The van der Waals surface area contributed by atoms with E-state index in [1.165, 1.54) is 0 Å². The Labute approximate surface area is 113 Å². The van der Waals surface area contributed by atoms with Gasteiger partial charge in [0.15, 0.2) is 5.78 Å². The lowest BCUT2D eigenvalue weighted by Gasteiger charge is -2.40. The molecule has 0 saturated heterocycles. The van der Waals surface area contributed by atoms with E-state index in [2.05, 4.69) is 15.9 Å². The number of carbonyl (C=O) groups is 1. The molecule has 0 unspecified atom stereocenters. The Balaban J connectivity index is 2.41. The number of rotatable bonds is 3. The van der Waals surface area contributed by atoms with Crippen molar-refractivity contribution in [3.63, 3.8) is 0 Å². The molecule has 0 bridgehead atoms. The summed E-state index contributed by atoms with van der Waals surface area (Å²) in [5.41, 5.74) is 0.676. The minimum atomic E-state index is -0.322. The summed E-state index contributed by atoms with van der Waals surface area (Å²) in [4.78, 5) is 12.0. The van der Waals surface area contributed by atoms with Crippen LogP contribution in [0.2, 0.25) is 10.0 Å². The predicted molar refractivity (Wildman–Crippen MR) is 70.8 cm³/mol. The van der Waals surface area contributed by atoms with Gasteiger partial charge in [-0.3, -0.25) is 4.79 Å². The van der Waals surface area contributed by atoms with Crippen LogP contribution in [0.25, 0.3) is 0 Å². The van der Waals surface area contributed by atoms with Crippen molar-refractivity contribution in [2.75, 3.05) is 5.33 Å². The Morgan fingerprint density at radius 1 is 1.31 bits per heavy atom. The third kappa shape index (κ3) is 1.92. The molecule has 0 atom stereocenters. The maximum absolute atomic E-state index is 12.0. The summed E-state index contributed by atoms with van der Waals surface area (Å²) >= 11 is 15.1. The third-order valence-electron chi connectivity index (χ3n) is 3.33. The van der Waals surface area contributed by atoms with Crippen LogP contribution in [0.3, 0.4) is 0 Å². The zero-order chi connectivity index (χ0) is 11.8. The number of Topliss-reactive ketones (excluding diaryl/α,β-unsaturated/α-hetero) is 1. The van der Waals surface area contributed by atoms with Gasteiger partial charge in [-0.25, -0.2) is 0 Å². The summed E-state index contributed by atoms with van der Waals surface area (Å²) in [6.45, 7) is 0. The van der Waals surface area contributed by atoms with Gasteiger partial charge < -0.3 is 0 Å². The molecule has 0 aliphatic heterocycles. The number of ketones is 1. The van der Waals surface area contributed by atoms with Crippen LogP contribution in [0.1, 0.15) is 24.8 Å². The number of hydrogen-bond donors (Lipinski definition) is 0. The maximum atomic E-state index is 12.0. The molecule has 16 heavy (non-hydrogen) atoms. The molecule has 2 rings (SSSR count). The predicted octanol–water partition coefficient (Wildman–Crippen LogP) is 4.38. The first-order valence-electron chi connectivity index (χ1n) is 5.15. The third-order valence-corrected chi connectivity index (χ3v) is 4.58. The Kier molecular flexibility index (Phi) is 3.62. The molecule has 1 aliphatic carbocycles. The van der Waals surface area contributed by atoms with Gasteiger partial charge in [-0.1, -0.05) is 51.6 Å². The van der Waals surface area contributed by atoms with Crippen LogP contribution in [0.5, 0.6) is 0 Å². The number of halogens is 3. The summed E-state index contributed by atoms with van der Waals surface area (Å²) in [5, 5.41) is 1.45. The fourth-order valence-corrected chi connectivity index (χ4v) is 3.02. The molecule has 1 aromatic carbocycles. The SMILES string of the molecule is O=C(CBr)C1(c2ccc(Cl)c(Cl)c2)CCC1. The molecule has 0 radical (unpaired) electrons. The van der Waals surface area contributed by atoms with Gasteiger partial charge in [0.05, 0.1) is 20.8 Å². The Hall–Kier alpha value is -0.0500. The lowest BCUT2D eigenvalue weighted by molar-refractivity contribution is -0.124. The Morgan fingerprint density at radius 2 is 2.00 bits per heavy atom. The molecular formula is C12H11BrCl2O. The van der Waals surface area contributed by atoms with E-state index in [4.69, 9.17) is 23.2 Å². The quantitative estimate of drug-likeness (QED) is 0.755. The van der Waals surface area contributed by atoms with E-state index in [9.17, 15) is 4.79 Å². The zero-order valence-corrected chi connectivity index (χ0v) is 11.7. The van der Waals surface area contributed by atoms with Crippen molar-refractivity contribution in [1.82, 2.24) is 0 Å². The molecule has 0 amide bonds. The molecule has 0 spiro atoms. The van der Waals surface area contributed by atoms with Gasteiger partial charge in [-0.15, -0.1) is 0 Å². The summed E-state index contributed by atoms with van der Waals surface area (Å²) < 4.78 is 0. The van der Waals surface area contributed by atoms with Gasteiger partial charge in [0.1, 0.15) is 0 Å². The van der Waals surface area contributed by atoms with Crippen molar-refractivity contribution >= 4 is 44.9 Å². The van der Waals surface area contributed by atoms with Crippen molar-refractivity contribution in [2.45, 2.75) is 24.7 Å².